The van der Waals surface area contributed by atoms with E-state index in [0.717, 1.165) is 0 Å². The lowest BCUT2D eigenvalue weighted by atomic mass is 10.2. The molecule has 0 amide bonds. The van der Waals surface area contributed by atoms with Crippen molar-refractivity contribution in [3.63, 3.8) is 0 Å². The van der Waals surface area contributed by atoms with Crippen molar-refractivity contribution in [3.05, 3.63) is 39.0 Å². The number of nitriles is 1. The van der Waals surface area contributed by atoms with Crippen molar-refractivity contribution in [2.24, 2.45) is 7.05 Å². The Bertz CT molecular complexity index is 690. The van der Waals surface area contributed by atoms with Gasteiger partial charge in [-0.1, -0.05) is 11.6 Å². The highest BCUT2D eigenvalue weighted by Crippen LogP contribution is 2.30. The van der Waals surface area contributed by atoms with Crippen LogP contribution in [0.15, 0.2) is 18.2 Å². The van der Waals surface area contributed by atoms with Gasteiger partial charge >= 0.3 is 0 Å². The molecule has 0 bridgehead atoms. The van der Waals surface area contributed by atoms with E-state index in [9.17, 15) is 10.1 Å². The molecule has 1 heterocycles. The van der Waals surface area contributed by atoms with Crippen LogP contribution in [0.25, 0.3) is 0 Å². The Morgan fingerprint density at radius 1 is 1.53 bits per heavy atom. The molecule has 0 atom stereocenters. The SMILES string of the molecule is Cn1nc(C#N)c(Nc2ccc(Cl)cc2[N+](=O)[O-])n1. The second-order valence-electron chi connectivity index (χ2n) is 3.54. The first kappa shape index (κ1) is 12.8. The summed E-state index contributed by atoms with van der Waals surface area (Å²) in [5.41, 5.74) is 0.0280. The molecular formula is C10H7ClN6O2. The van der Waals surface area contributed by atoms with Gasteiger partial charge in [0.2, 0.25) is 5.69 Å². The number of hydrogen-bond donors (Lipinski definition) is 1. The third-order valence-electron chi connectivity index (χ3n) is 2.23. The highest BCUT2D eigenvalue weighted by atomic mass is 35.5. The lowest BCUT2D eigenvalue weighted by Crippen LogP contribution is -1.99. The summed E-state index contributed by atoms with van der Waals surface area (Å²) in [7, 11) is 1.54. The van der Waals surface area contributed by atoms with E-state index in [4.69, 9.17) is 16.9 Å². The molecule has 0 aliphatic heterocycles. The van der Waals surface area contributed by atoms with Crippen molar-refractivity contribution in [1.29, 1.82) is 5.26 Å². The van der Waals surface area contributed by atoms with Crippen LogP contribution in [0.5, 0.6) is 0 Å². The van der Waals surface area contributed by atoms with Crippen molar-refractivity contribution in [2.45, 2.75) is 0 Å². The molecule has 0 aliphatic rings. The van der Waals surface area contributed by atoms with Gasteiger partial charge in [0.25, 0.3) is 5.69 Å². The Hall–Kier alpha value is -2.66. The third kappa shape index (κ3) is 2.61. The van der Waals surface area contributed by atoms with Crippen molar-refractivity contribution in [2.75, 3.05) is 5.32 Å². The Labute approximate surface area is 112 Å². The van der Waals surface area contributed by atoms with E-state index in [1.165, 1.54) is 23.0 Å². The predicted molar refractivity (Wildman–Crippen MR) is 67.1 cm³/mol. The fourth-order valence-corrected chi connectivity index (χ4v) is 1.62. The number of halogens is 1. The Balaban J connectivity index is 2.44. The fraction of sp³-hybridized carbons (Fsp3) is 0.100. The topological polar surface area (TPSA) is 110 Å². The average Bonchev–Trinajstić information content (AvgIpc) is 2.71. The Morgan fingerprint density at radius 3 is 2.89 bits per heavy atom. The molecule has 0 saturated carbocycles. The number of nitrogens with zero attached hydrogens (tertiary/aromatic N) is 5. The molecule has 96 valence electrons. The van der Waals surface area contributed by atoms with E-state index in [1.807, 2.05) is 6.07 Å². The second-order valence-corrected chi connectivity index (χ2v) is 3.98. The number of aryl methyl sites for hydroxylation is 1. The van der Waals surface area contributed by atoms with Crippen molar-refractivity contribution < 1.29 is 4.92 Å². The Kier molecular flexibility index (Phi) is 3.31. The molecule has 1 aromatic carbocycles. The van der Waals surface area contributed by atoms with Crippen molar-refractivity contribution >= 4 is 28.8 Å². The summed E-state index contributed by atoms with van der Waals surface area (Å²) in [6, 6.07) is 6.00. The molecule has 0 unspecified atom stereocenters. The fourth-order valence-electron chi connectivity index (χ4n) is 1.46. The van der Waals surface area contributed by atoms with Crippen LogP contribution >= 0.6 is 11.6 Å². The summed E-state index contributed by atoms with van der Waals surface area (Å²) in [5.74, 6) is 0.149. The van der Waals surface area contributed by atoms with Crippen molar-refractivity contribution in [1.82, 2.24) is 15.0 Å². The molecule has 19 heavy (non-hydrogen) atoms. The number of nitro benzene ring substituents is 1. The van der Waals surface area contributed by atoms with Crippen LogP contribution in [0.2, 0.25) is 5.02 Å². The van der Waals surface area contributed by atoms with Crippen LogP contribution in [0.3, 0.4) is 0 Å². The predicted octanol–water partition coefficient (Wildman–Crippen LogP) is 1.99. The molecule has 2 aromatic rings. The number of rotatable bonds is 3. The van der Waals surface area contributed by atoms with Crippen LogP contribution in [0.4, 0.5) is 17.2 Å². The van der Waals surface area contributed by atoms with E-state index in [1.54, 1.807) is 7.05 Å². The second kappa shape index (κ2) is 4.91. The van der Waals surface area contributed by atoms with Gasteiger partial charge in [0, 0.05) is 18.1 Å². The molecule has 0 radical (unpaired) electrons. The largest absolute Gasteiger partial charge is 0.331 e. The van der Waals surface area contributed by atoms with Crippen LogP contribution in [-0.4, -0.2) is 19.9 Å². The monoisotopic (exact) mass is 278 g/mol. The minimum absolute atomic E-state index is 0.0479. The summed E-state index contributed by atoms with van der Waals surface area (Å²) in [5, 5.41) is 30.5. The maximum absolute atomic E-state index is 10.9. The summed E-state index contributed by atoms with van der Waals surface area (Å²) in [6.07, 6.45) is 0. The van der Waals surface area contributed by atoms with E-state index >= 15 is 0 Å². The lowest BCUT2D eigenvalue weighted by Gasteiger charge is -2.04. The van der Waals surface area contributed by atoms with Crippen molar-refractivity contribution in [3.8, 4) is 6.07 Å². The van der Waals surface area contributed by atoms with Gasteiger partial charge < -0.3 is 5.32 Å². The Morgan fingerprint density at radius 2 is 2.26 bits per heavy atom. The first-order valence-corrected chi connectivity index (χ1v) is 5.41. The first-order chi connectivity index (χ1) is 9.01. The molecule has 0 saturated heterocycles. The molecule has 8 nitrogen and oxygen atoms in total. The highest BCUT2D eigenvalue weighted by Gasteiger charge is 2.17. The number of aromatic nitrogens is 3. The van der Waals surface area contributed by atoms with E-state index in [2.05, 4.69) is 15.5 Å². The van der Waals surface area contributed by atoms with Crippen LogP contribution in [0, 0.1) is 21.4 Å². The summed E-state index contributed by atoms with van der Waals surface area (Å²) < 4.78 is 0. The van der Waals surface area contributed by atoms with E-state index in [0.29, 0.717) is 0 Å². The maximum atomic E-state index is 10.9. The normalized spacial score (nSPS) is 9.95. The van der Waals surface area contributed by atoms with Crippen LogP contribution in [0.1, 0.15) is 5.69 Å². The van der Waals surface area contributed by atoms with Gasteiger partial charge in [-0.25, -0.2) is 0 Å². The zero-order valence-corrected chi connectivity index (χ0v) is 10.4. The summed E-state index contributed by atoms with van der Waals surface area (Å²) >= 11 is 5.71. The zero-order chi connectivity index (χ0) is 14.0. The number of nitro groups is 1. The molecule has 2 rings (SSSR count). The van der Waals surface area contributed by atoms with Crippen LogP contribution < -0.4 is 5.32 Å². The smallest absolute Gasteiger partial charge is 0.294 e. The highest BCUT2D eigenvalue weighted by molar-refractivity contribution is 6.30. The lowest BCUT2D eigenvalue weighted by molar-refractivity contribution is -0.383. The minimum Gasteiger partial charge on any atom is -0.331 e. The summed E-state index contributed by atoms with van der Waals surface area (Å²) in [4.78, 5) is 11.5. The molecule has 0 spiro atoms. The number of anilines is 2. The molecular weight excluding hydrogens is 272 g/mol. The van der Waals surface area contributed by atoms with Gasteiger partial charge in [0.15, 0.2) is 5.82 Å². The number of hydrogen-bond acceptors (Lipinski definition) is 6. The minimum atomic E-state index is -0.573. The quantitative estimate of drug-likeness (QED) is 0.679. The van der Waals surface area contributed by atoms with Gasteiger partial charge in [-0.2, -0.15) is 10.1 Å². The molecule has 0 fully saturated rings. The van der Waals surface area contributed by atoms with Gasteiger partial charge in [0.1, 0.15) is 11.8 Å². The molecule has 1 N–H and O–H groups in total. The van der Waals surface area contributed by atoms with Gasteiger partial charge in [-0.15, -0.1) is 10.2 Å². The van der Waals surface area contributed by atoms with Gasteiger partial charge in [-0.05, 0) is 12.1 Å². The van der Waals surface area contributed by atoms with Gasteiger partial charge in [-0.3, -0.25) is 10.1 Å². The van der Waals surface area contributed by atoms with Gasteiger partial charge in [0.05, 0.1) is 4.92 Å². The first-order valence-electron chi connectivity index (χ1n) is 5.03. The van der Waals surface area contributed by atoms with Crippen LogP contribution in [-0.2, 0) is 7.05 Å². The molecule has 9 heteroatoms. The third-order valence-corrected chi connectivity index (χ3v) is 2.46. The maximum Gasteiger partial charge on any atom is 0.294 e. The average molecular weight is 279 g/mol. The standard InChI is InChI=1S/C10H7ClN6O2/c1-16-14-8(5-12)10(15-16)13-7-3-2-6(11)4-9(7)17(18)19/h2-4H,1H3,(H,13,15). The molecule has 1 aromatic heterocycles. The zero-order valence-electron chi connectivity index (χ0n) is 9.66. The van der Waals surface area contributed by atoms with E-state index < -0.39 is 4.92 Å². The number of nitrogens with one attached hydrogen (secondary N) is 1. The molecule has 0 aliphatic carbocycles. The summed E-state index contributed by atoms with van der Waals surface area (Å²) in [6.45, 7) is 0. The number of benzene rings is 1. The van der Waals surface area contributed by atoms with E-state index in [-0.39, 0.29) is 27.9 Å².